The summed E-state index contributed by atoms with van der Waals surface area (Å²) in [5.74, 6) is -1.49. The van der Waals surface area contributed by atoms with Crippen LogP contribution >= 0.6 is 11.6 Å². The molecule has 0 aliphatic carbocycles. The third-order valence-corrected chi connectivity index (χ3v) is 5.20. The van der Waals surface area contributed by atoms with Gasteiger partial charge in [-0.1, -0.05) is 35.9 Å². The number of hydrogen-bond donors (Lipinski definition) is 0. The molecule has 7 heteroatoms. The first-order valence-corrected chi connectivity index (χ1v) is 8.64. The van der Waals surface area contributed by atoms with Crippen molar-refractivity contribution in [1.82, 2.24) is 14.8 Å². The number of benzene rings is 2. The lowest BCUT2D eigenvalue weighted by Crippen LogP contribution is -2.37. The highest BCUT2D eigenvalue weighted by Gasteiger charge is 2.49. The zero-order valence-corrected chi connectivity index (χ0v) is 14.5. The van der Waals surface area contributed by atoms with Gasteiger partial charge in [-0.2, -0.15) is 5.10 Å². The Bertz CT molecular complexity index is 919. The van der Waals surface area contributed by atoms with Crippen LogP contribution in [0.15, 0.2) is 55.1 Å². The summed E-state index contributed by atoms with van der Waals surface area (Å²) in [4.78, 5) is 3.96. The molecule has 1 aliphatic heterocycles. The van der Waals surface area contributed by atoms with Gasteiger partial charge in [-0.15, -0.1) is 0 Å². The topological polar surface area (TPSA) is 39.9 Å². The van der Waals surface area contributed by atoms with Gasteiger partial charge in [-0.3, -0.25) is 0 Å². The van der Waals surface area contributed by atoms with Crippen molar-refractivity contribution in [3.63, 3.8) is 0 Å². The van der Waals surface area contributed by atoms with E-state index in [9.17, 15) is 8.78 Å². The molecule has 1 aromatic heterocycles. The number of halogens is 3. The second kappa shape index (κ2) is 6.78. The van der Waals surface area contributed by atoms with E-state index in [2.05, 4.69) is 10.1 Å². The predicted molar refractivity (Wildman–Crippen MR) is 92.8 cm³/mol. The van der Waals surface area contributed by atoms with Crippen LogP contribution in [0.2, 0.25) is 5.02 Å². The van der Waals surface area contributed by atoms with Crippen LogP contribution in [0.5, 0.6) is 0 Å². The van der Waals surface area contributed by atoms with Gasteiger partial charge in [0, 0.05) is 29.2 Å². The Morgan fingerprint density at radius 2 is 2.08 bits per heavy atom. The molecule has 4 rings (SSSR count). The highest BCUT2D eigenvalue weighted by molar-refractivity contribution is 6.31. The van der Waals surface area contributed by atoms with Gasteiger partial charge in [0.05, 0.1) is 6.54 Å². The molecule has 0 amide bonds. The summed E-state index contributed by atoms with van der Waals surface area (Å²) in [5, 5.41) is 4.74. The molecule has 1 fully saturated rings. The van der Waals surface area contributed by atoms with Crippen LogP contribution in [0.4, 0.5) is 8.78 Å². The Hall–Kier alpha value is -2.31. The molecule has 3 aromatic rings. The molecule has 2 atom stereocenters. The lowest BCUT2D eigenvalue weighted by atomic mass is 9.77. The Labute approximate surface area is 154 Å². The first kappa shape index (κ1) is 17.1. The van der Waals surface area contributed by atoms with Crippen LogP contribution in [0, 0.1) is 11.6 Å². The average molecular weight is 376 g/mol. The van der Waals surface area contributed by atoms with Gasteiger partial charge in [-0.25, -0.2) is 18.4 Å². The van der Waals surface area contributed by atoms with Crippen LogP contribution in [-0.4, -0.2) is 21.4 Å². The number of rotatable bonds is 4. The second-order valence-electron chi connectivity index (χ2n) is 6.32. The number of nitrogens with zero attached hydrogens (tertiary/aromatic N) is 3. The fourth-order valence-electron chi connectivity index (χ4n) is 3.75. The predicted octanol–water partition coefficient (Wildman–Crippen LogP) is 4.31. The van der Waals surface area contributed by atoms with Crippen LogP contribution in [0.3, 0.4) is 0 Å². The molecule has 0 bridgehead atoms. The smallest absolute Gasteiger partial charge is 0.137 e. The Morgan fingerprint density at radius 3 is 2.81 bits per heavy atom. The van der Waals surface area contributed by atoms with Gasteiger partial charge in [-0.05, 0) is 24.1 Å². The third kappa shape index (κ3) is 2.89. The Balaban J connectivity index is 1.88. The first-order chi connectivity index (χ1) is 12.6. The molecule has 0 saturated carbocycles. The van der Waals surface area contributed by atoms with Crippen molar-refractivity contribution in [3.8, 4) is 0 Å². The maximum atomic E-state index is 14.8. The van der Waals surface area contributed by atoms with Crippen molar-refractivity contribution >= 4 is 11.6 Å². The van der Waals surface area contributed by atoms with Crippen molar-refractivity contribution in [2.45, 2.75) is 24.5 Å². The van der Waals surface area contributed by atoms with Crippen molar-refractivity contribution in [3.05, 3.63) is 82.9 Å². The quantitative estimate of drug-likeness (QED) is 0.682. The van der Waals surface area contributed by atoms with Crippen LogP contribution in [0.25, 0.3) is 0 Å². The van der Waals surface area contributed by atoms with E-state index in [0.29, 0.717) is 18.1 Å². The van der Waals surface area contributed by atoms with E-state index in [4.69, 9.17) is 16.3 Å². The molecule has 2 aromatic carbocycles. The number of hydrogen-bond acceptors (Lipinski definition) is 3. The number of aromatic nitrogens is 3. The highest BCUT2D eigenvalue weighted by Crippen LogP contribution is 2.50. The van der Waals surface area contributed by atoms with Crippen molar-refractivity contribution in [2.75, 3.05) is 6.61 Å². The normalized spacial score (nSPS) is 22.7. The summed E-state index contributed by atoms with van der Waals surface area (Å²) < 4.78 is 36.0. The minimum absolute atomic E-state index is 0.208. The van der Waals surface area contributed by atoms with Crippen LogP contribution in [-0.2, 0) is 16.9 Å². The monoisotopic (exact) mass is 375 g/mol. The molecule has 1 aliphatic rings. The van der Waals surface area contributed by atoms with E-state index in [1.165, 1.54) is 18.5 Å². The fourth-order valence-corrected chi connectivity index (χ4v) is 4.02. The molecule has 1 saturated heterocycles. The first-order valence-electron chi connectivity index (χ1n) is 8.26. The average Bonchev–Trinajstić information content (AvgIpc) is 3.26. The summed E-state index contributed by atoms with van der Waals surface area (Å²) in [5.41, 5.74) is 0.101. The SMILES string of the molecule is Fc1ccc(C2(Cn3cncn3)OCCC2c2ccccc2Cl)c(F)c1. The minimum atomic E-state index is -1.06. The van der Waals surface area contributed by atoms with Crippen molar-refractivity contribution < 1.29 is 13.5 Å². The summed E-state index contributed by atoms with van der Waals surface area (Å²) >= 11 is 6.42. The van der Waals surface area contributed by atoms with E-state index in [1.807, 2.05) is 18.2 Å². The fraction of sp³-hybridized carbons (Fsp3) is 0.263. The lowest BCUT2D eigenvalue weighted by molar-refractivity contribution is -0.0299. The third-order valence-electron chi connectivity index (χ3n) is 4.86. The molecule has 2 unspecified atom stereocenters. The van der Waals surface area contributed by atoms with E-state index in [-0.39, 0.29) is 18.0 Å². The summed E-state index contributed by atoms with van der Waals surface area (Å²) in [7, 11) is 0. The maximum Gasteiger partial charge on any atom is 0.137 e. The van der Waals surface area contributed by atoms with Gasteiger partial charge in [0.25, 0.3) is 0 Å². The van der Waals surface area contributed by atoms with Gasteiger partial charge >= 0.3 is 0 Å². The molecular weight excluding hydrogens is 360 g/mol. The van der Waals surface area contributed by atoms with Crippen LogP contribution < -0.4 is 0 Å². The van der Waals surface area contributed by atoms with Gasteiger partial charge < -0.3 is 4.74 Å². The summed E-state index contributed by atoms with van der Waals surface area (Å²) in [6.45, 7) is 0.673. The molecule has 4 nitrogen and oxygen atoms in total. The van der Waals surface area contributed by atoms with Crippen molar-refractivity contribution in [1.29, 1.82) is 0 Å². The Morgan fingerprint density at radius 1 is 1.23 bits per heavy atom. The maximum absolute atomic E-state index is 14.8. The molecule has 0 N–H and O–H groups in total. The van der Waals surface area contributed by atoms with Gasteiger partial charge in [0.1, 0.15) is 29.9 Å². The largest absolute Gasteiger partial charge is 0.368 e. The molecule has 0 spiro atoms. The molecule has 134 valence electrons. The van der Waals surface area contributed by atoms with Gasteiger partial charge in [0.15, 0.2) is 0 Å². The van der Waals surface area contributed by atoms with Gasteiger partial charge in [0.2, 0.25) is 0 Å². The minimum Gasteiger partial charge on any atom is -0.368 e. The molecular formula is C19H16ClF2N3O. The second-order valence-corrected chi connectivity index (χ2v) is 6.73. The van der Waals surface area contributed by atoms with E-state index in [1.54, 1.807) is 17.1 Å². The van der Waals surface area contributed by atoms with E-state index >= 15 is 0 Å². The van der Waals surface area contributed by atoms with E-state index < -0.39 is 17.2 Å². The molecule has 2 heterocycles. The molecule has 0 radical (unpaired) electrons. The zero-order chi connectivity index (χ0) is 18.1. The summed E-state index contributed by atoms with van der Waals surface area (Å²) in [6, 6.07) is 11.0. The zero-order valence-electron chi connectivity index (χ0n) is 13.8. The Kier molecular flexibility index (Phi) is 4.46. The summed E-state index contributed by atoms with van der Waals surface area (Å²) in [6.07, 6.45) is 3.62. The number of ether oxygens (including phenoxy) is 1. The van der Waals surface area contributed by atoms with Crippen LogP contribution in [0.1, 0.15) is 23.5 Å². The standard InChI is InChI=1S/C19H16ClF2N3O/c20-17-4-2-1-3-14(17)15-7-8-26-19(15,10-25-12-23-11-24-25)16-6-5-13(21)9-18(16)22/h1-6,9,11-12,15H,7-8,10H2. The molecule has 26 heavy (non-hydrogen) atoms. The van der Waals surface area contributed by atoms with E-state index in [0.717, 1.165) is 11.6 Å². The highest BCUT2D eigenvalue weighted by atomic mass is 35.5. The lowest BCUT2D eigenvalue weighted by Gasteiger charge is -2.35. The van der Waals surface area contributed by atoms with Crippen molar-refractivity contribution in [2.24, 2.45) is 0 Å².